The van der Waals surface area contributed by atoms with E-state index in [9.17, 15) is 13.2 Å². The third kappa shape index (κ3) is 2.09. The van der Waals surface area contributed by atoms with Crippen LogP contribution >= 0.6 is 0 Å². The number of aromatic nitrogens is 1. The molecular formula is C11H16N2O3S. The standard InChI is InChI=1S/C11H16N2O3S/c1-3-11(5-6-11)17(15,16)12-10(14)9-4-7-13(2)8-9/h4,7-8H,3,5-6H2,1-2H3,(H,12,14). The SMILES string of the molecule is CCC1(S(=O)(=O)NC(=O)c2ccn(C)c2)CC1. The molecule has 0 bridgehead atoms. The van der Waals surface area contributed by atoms with Crippen LogP contribution < -0.4 is 4.72 Å². The molecule has 1 saturated carbocycles. The molecule has 1 heterocycles. The Hall–Kier alpha value is -1.30. The molecule has 1 fully saturated rings. The number of aryl methyl sites for hydroxylation is 1. The summed E-state index contributed by atoms with van der Waals surface area (Å²) in [6.07, 6.45) is 5.12. The Kier molecular flexibility index (Phi) is 2.77. The van der Waals surface area contributed by atoms with Gasteiger partial charge in [0.25, 0.3) is 5.91 Å². The number of nitrogens with zero attached hydrogens (tertiary/aromatic N) is 1. The summed E-state index contributed by atoms with van der Waals surface area (Å²) in [7, 11) is -1.77. The van der Waals surface area contributed by atoms with Gasteiger partial charge in [0.1, 0.15) is 0 Å². The lowest BCUT2D eigenvalue weighted by Crippen LogP contribution is -2.39. The fourth-order valence-electron chi connectivity index (χ4n) is 1.88. The van der Waals surface area contributed by atoms with Crippen molar-refractivity contribution in [1.29, 1.82) is 0 Å². The second kappa shape index (κ2) is 3.87. The van der Waals surface area contributed by atoms with Crippen molar-refractivity contribution in [3.63, 3.8) is 0 Å². The molecule has 17 heavy (non-hydrogen) atoms. The Bertz CT molecular complexity index is 541. The van der Waals surface area contributed by atoms with Crippen molar-refractivity contribution < 1.29 is 13.2 Å². The second-order valence-electron chi connectivity index (χ2n) is 4.54. The monoisotopic (exact) mass is 256 g/mol. The smallest absolute Gasteiger partial charge is 0.266 e. The minimum absolute atomic E-state index is 0.364. The molecule has 1 amide bonds. The van der Waals surface area contributed by atoms with Crippen LogP contribution in [-0.2, 0) is 17.1 Å². The molecule has 1 aliphatic carbocycles. The van der Waals surface area contributed by atoms with Crippen molar-refractivity contribution >= 4 is 15.9 Å². The van der Waals surface area contributed by atoms with Crippen molar-refractivity contribution in [3.8, 4) is 0 Å². The molecule has 1 N–H and O–H groups in total. The van der Waals surface area contributed by atoms with Gasteiger partial charge in [0.15, 0.2) is 0 Å². The highest BCUT2D eigenvalue weighted by Gasteiger charge is 2.53. The summed E-state index contributed by atoms with van der Waals surface area (Å²) in [6, 6.07) is 1.59. The van der Waals surface area contributed by atoms with Gasteiger partial charge in [-0.05, 0) is 25.3 Å². The van der Waals surface area contributed by atoms with Crippen LogP contribution in [0.2, 0.25) is 0 Å². The minimum Gasteiger partial charge on any atom is -0.356 e. The van der Waals surface area contributed by atoms with Gasteiger partial charge < -0.3 is 4.57 Å². The average Bonchev–Trinajstić information content (AvgIpc) is 2.95. The fourth-order valence-corrected chi connectivity index (χ4v) is 3.48. The number of carbonyl (C=O) groups excluding carboxylic acids is 1. The van der Waals surface area contributed by atoms with Gasteiger partial charge in [0.05, 0.1) is 10.3 Å². The first-order valence-electron chi connectivity index (χ1n) is 5.59. The summed E-state index contributed by atoms with van der Waals surface area (Å²) in [6.45, 7) is 1.83. The van der Waals surface area contributed by atoms with E-state index in [0.29, 0.717) is 24.8 Å². The van der Waals surface area contributed by atoms with Gasteiger partial charge in [-0.25, -0.2) is 13.1 Å². The zero-order valence-corrected chi connectivity index (χ0v) is 10.8. The molecule has 0 saturated heterocycles. The third-order valence-electron chi connectivity index (χ3n) is 3.34. The molecule has 1 aromatic rings. The first kappa shape index (κ1) is 12.2. The molecule has 1 aromatic heterocycles. The average molecular weight is 256 g/mol. The Morgan fingerprint density at radius 2 is 2.18 bits per heavy atom. The number of carbonyl (C=O) groups is 1. The Morgan fingerprint density at radius 3 is 2.59 bits per heavy atom. The molecule has 1 aliphatic rings. The topological polar surface area (TPSA) is 68.2 Å². The van der Waals surface area contributed by atoms with Crippen LogP contribution in [0.15, 0.2) is 18.5 Å². The summed E-state index contributed by atoms with van der Waals surface area (Å²) < 4.78 is 27.1. The zero-order chi connectivity index (χ0) is 12.7. The number of sulfonamides is 1. The van der Waals surface area contributed by atoms with E-state index in [-0.39, 0.29) is 0 Å². The van der Waals surface area contributed by atoms with Gasteiger partial charge in [-0.1, -0.05) is 6.92 Å². The molecule has 0 unspecified atom stereocenters. The van der Waals surface area contributed by atoms with E-state index in [1.54, 1.807) is 30.1 Å². The number of hydrogen-bond donors (Lipinski definition) is 1. The van der Waals surface area contributed by atoms with Gasteiger partial charge in [-0.2, -0.15) is 0 Å². The Balaban J connectivity index is 2.14. The molecule has 0 atom stereocenters. The first-order valence-corrected chi connectivity index (χ1v) is 7.07. The predicted molar refractivity (Wildman–Crippen MR) is 64.1 cm³/mol. The van der Waals surface area contributed by atoms with Gasteiger partial charge in [-0.15, -0.1) is 0 Å². The lowest BCUT2D eigenvalue weighted by atomic mass is 10.3. The van der Waals surface area contributed by atoms with Gasteiger partial charge >= 0.3 is 0 Å². The molecule has 0 spiro atoms. The zero-order valence-electron chi connectivity index (χ0n) is 9.93. The van der Waals surface area contributed by atoms with Crippen LogP contribution in [0, 0.1) is 0 Å². The van der Waals surface area contributed by atoms with Crippen LogP contribution in [0.25, 0.3) is 0 Å². The van der Waals surface area contributed by atoms with Crippen LogP contribution in [0.4, 0.5) is 0 Å². The van der Waals surface area contributed by atoms with Crippen LogP contribution in [0.3, 0.4) is 0 Å². The van der Waals surface area contributed by atoms with E-state index < -0.39 is 20.7 Å². The molecule has 2 rings (SSSR count). The van der Waals surface area contributed by atoms with Crippen LogP contribution in [-0.4, -0.2) is 23.6 Å². The highest BCUT2D eigenvalue weighted by molar-refractivity contribution is 7.91. The van der Waals surface area contributed by atoms with E-state index in [2.05, 4.69) is 4.72 Å². The van der Waals surface area contributed by atoms with Gasteiger partial charge in [-0.3, -0.25) is 4.79 Å². The molecule has 94 valence electrons. The maximum atomic E-state index is 12.0. The van der Waals surface area contributed by atoms with Crippen molar-refractivity contribution in [3.05, 3.63) is 24.0 Å². The third-order valence-corrected chi connectivity index (χ3v) is 5.63. The maximum absolute atomic E-state index is 12.0. The fraction of sp³-hybridized carbons (Fsp3) is 0.545. The number of rotatable bonds is 4. The summed E-state index contributed by atoms with van der Waals surface area (Å²) in [5, 5.41) is 0. The summed E-state index contributed by atoms with van der Waals surface area (Å²) in [4.78, 5) is 11.8. The number of hydrogen-bond acceptors (Lipinski definition) is 3. The number of nitrogens with one attached hydrogen (secondary N) is 1. The Morgan fingerprint density at radius 1 is 1.53 bits per heavy atom. The van der Waals surface area contributed by atoms with Gasteiger partial charge in [0, 0.05) is 19.4 Å². The quantitative estimate of drug-likeness (QED) is 0.874. The lowest BCUT2D eigenvalue weighted by Gasteiger charge is -2.14. The van der Waals surface area contributed by atoms with E-state index >= 15 is 0 Å². The molecule has 0 aromatic carbocycles. The van der Waals surface area contributed by atoms with E-state index in [1.165, 1.54) is 0 Å². The minimum atomic E-state index is -3.55. The van der Waals surface area contributed by atoms with Crippen molar-refractivity contribution in [2.75, 3.05) is 0 Å². The van der Waals surface area contributed by atoms with Crippen LogP contribution in [0.1, 0.15) is 36.5 Å². The van der Waals surface area contributed by atoms with Crippen molar-refractivity contribution in [1.82, 2.24) is 9.29 Å². The summed E-state index contributed by atoms with van der Waals surface area (Å²) in [5.41, 5.74) is 0.364. The molecule has 0 aliphatic heterocycles. The Labute approximate surface area is 101 Å². The van der Waals surface area contributed by atoms with E-state index in [0.717, 1.165) is 0 Å². The first-order chi connectivity index (χ1) is 7.90. The highest BCUT2D eigenvalue weighted by atomic mass is 32.2. The normalized spacial score (nSPS) is 17.8. The van der Waals surface area contributed by atoms with Crippen molar-refractivity contribution in [2.24, 2.45) is 7.05 Å². The predicted octanol–water partition coefficient (Wildman–Crippen LogP) is 1.03. The van der Waals surface area contributed by atoms with E-state index in [4.69, 9.17) is 0 Å². The van der Waals surface area contributed by atoms with Gasteiger partial charge in [0.2, 0.25) is 10.0 Å². The van der Waals surface area contributed by atoms with E-state index in [1.807, 2.05) is 6.92 Å². The largest absolute Gasteiger partial charge is 0.356 e. The van der Waals surface area contributed by atoms with Crippen LogP contribution in [0.5, 0.6) is 0 Å². The number of amides is 1. The maximum Gasteiger partial charge on any atom is 0.266 e. The summed E-state index contributed by atoms with van der Waals surface area (Å²) >= 11 is 0. The molecule has 5 nitrogen and oxygen atoms in total. The van der Waals surface area contributed by atoms with Crippen molar-refractivity contribution in [2.45, 2.75) is 30.9 Å². The highest BCUT2D eigenvalue weighted by Crippen LogP contribution is 2.45. The summed E-state index contributed by atoms with van der Waals surface area (Å²) in [5.74, 6) is -0.551. The molecular weight excluding hydrogens is 240 g/mol. The lowest BCUT2D eigenvalue weighted by molar-refractivity contribution is 0.0981. The molecule has 6 heteroatoms. The second-order valence-corrected chi connectivity index (χ2v) is 6.61. The molecule has 0 radical (unpaired) electrons.